The number of carbonyl (C=O) groups excluding carboxylic acids is 2. The van der Waals surface area contributed by atoms with Crippen LogP contribution in [0.4, 0.5) is 11.4 Å². The van der Waals surface area contributed by atoms with Gasteiger partial charge < -0.3 is 9.84 Å². The zero-order valence-electron chi connectivity index (χ0n) is 16.7. The van der Waals surface area contributed by atoms with Crippen LogP contribution in [0, 0.1) is 5.92 Å². The first-order valence-electron chi connectivity index (χ1n) is 9.91. The molecule has 2 saturated heterocycles. The van der Waals surface area contributed by atoms with E-state index in [4.69, 9.17) is 9.57 Å². The molecule has 0 radical (unpaired) electrons. The van der Waals surface area contributed by atoms with E-state index in [0.29, 0.717) is 11.3 Å². The molecule has 0 bridgehead atoms. The van der Waals surface area contributed by atoms with Crippen molar-refractivity contribution in [2.45, 2.75) is 12.1 Å². The number of phenols is 1. The molecule has 0 unspecified atom stereocenters. The number of hydrogen-bond acceptors (Lipinski definition) is 6. The van der Waals surface area contributed by atoms with Gasteiger partial charge in [-0.3, -0.25) is 14.4 Å². The highest BCUT2D eigenvalue weighted by molar-refractivity contribution is 6.23. The third kappa shape index (κ3) is 3.02. The van der Waals surface area contributed by atoms with Crippen LogP contribution in [0.1, 0.15) is 11.6 Å². The number of benzene rings is 3. The van der Waals surface area contributed by atoms with Crippen molar-refractivity contribution in [2.24, 2.45) is 5.92 Å². The number of para-hydroxylation sites is 2. The molecule has 7 heteroatoms. The maximum Gasteiger partial charge on any atom is 0.266 e. The van der Waals surface area contributed by atoms with Gasteiger partial charge in [-0.2, -0.15) is 0 Å². The highest BCUT2D eigenvalue weighted by Crippen LogP contribution is 2.48. The van der Waals surface area contributed by atoms with Crippen LogP contribution in [0.5, 0.6) is 11.5 Å². The summed E-state index contributed by atoms with van der Waals surface area (Å²) < 4.78 is 5.26. The normalized spacial score (nSPS) is 22.7. The van der Waals surface area contributed by atoms with Crippen molar-refractivity contribution >= 4 is 23.2 Å². The lowest BCUT2D eigenvalue weighted by molar-refractivity contribution is -0.126. The Morgan fingerprint density at radius 2 is 1.52 bits per heavy atom. The zero-order chi connectivity index (χ0) is 21.5. The van der Waals surface area contributed by atoms with E-state index in [1.807, 2.05) is 36.4 Å². The molecule has 0 aliphatic carbocycles. The quantitative estimate of drug-likeness (QED) is 0.657. The maximum absolute atomic E-state index is 13.5. The summed E-state index contributed by atoms with van der Waals surface area (Å²) in [5.41, 5.74) is 1.94. The molecular formula is C24H20N2O5. The van der Waals surface area contributed by atoms with E-state index in [1.165, 1.54) is 18.1 Å². The Labute approximate surface area is 179 Å². The number of methoxy groups -OCH3 is 1. The fraction of sp³-hybridized carbons (Fsp3) is 0.167. The van der Waals surface area contributed by atoms with Crippen LogP contribution in [-0.2, 0) is 14.4 Å². The van der Waals surface area contributed by atoms with Crippen LogP contribution in [0.2, 0.25) is 0 Å². The Balaban J connectivity index is 1.61. The summed E-state index contributed by atoms with van der Waals surface area (Å²) in [7, 11) is 1.46. The Morgan fingerprint density at radius 3 is 2.16 bits per heavy atom. The first-order chi connectivity index (χ1) is 15.1. The molecule has 0 aromatic heterocycles. The number of phenolic OH excluding ortho intramolecular Hbond substituents is 1. The van der Waals surface area contributed by atoms with Crippen molar-refractivity contribution < 1.29 is 24.3 Å². The van der Waals surface area contributed by atoms with E-state index in [2.05, 4.69) is 0 Å². The number of nitrogens with zero attached hydrogens (tertiary/aromatic N) is 2. The summed E-state index contributed by atoms with van der Waals surface area (Å²) in [4.78, 5) is 34.0. The Kier molecular flexibility index (Phi) is 4.60. The Morgan fingerprint density at radius 1 is 0.871 bits per heavy atom. The molecule has 5 rings (SSSR count). The molecule has 31 heavy (non-hydrogen) atoms. The summed E-state index contributed by atoms with van der Waals surface area (Å²) in [5, 5.41) is 11.6. The summed E-state index contributed by atoms with van der Waals surface area (Å²) in [6.07, 6.45) is -0.947. The van der Waals surface area contributed by atoms with Gasteiger partial charge in [0, 0.05) is 0 Å². The van der Waals surface area contributed by atoms with Gasteiger partial charge in [-0.05, 0) is 42.0 Å². The van der Waals surface area contributed by atoms with E-state index in [0.717, 1.165) is 5.69 Å². The number of hydrogen-bond donors (Lipinski definition) is 1. The number of imide groups is 1. The number of carbonyl (C=O) groups is 2. The molecule has 0 spiro atoms. The van der Waals surface area contributed by atoms with Crippen molar-refractivity contribution in [3.63, 3.8) is 0 Å². The second-order valence-electron chi connectivity index (χ2n) is 7.44. The number of amides is 2. The first kappa shape index (κ1) is 19.1. The fourth-order valence-corrected chi connectivity index (χ4v) is 4.26. The van der Waals surface area contributed by atoms with Gasteiger partial charge >= 0.3 is 0 Å². The SMILES string of the molecule is COc1cc([C@@H]2[C@H]3C(=O)N(c4ccccc4)C(=O)[C@H]3ON2c2ccccc2)ccc1O. The molecule has 3 aromatic carbocycles. The highest BCUT2D eigenvalue weighted by atomic mass is 16.7. The van der Waals surface area contributed by atoms with Crippen LogP contribution in [0.3, 0.4) is 0 Å². The number of hydroxylamine groups is 1. The van der Waals surface area contributed by atoms with Gasteiger partial charge in [0.15, 0.2) is 17.6 Å². The predicted octanol–water partition coefficient (Wildman–Crippen LogP) is 3.45. The number of aromatic hydroxyl groups is 1. The monoisotopic (exact) mass is 416 g/mol. The topological polar surface area (TPSA) is 79.3 Å². The van der Waals surface area contributed by atoms with E-state index in [-0.39, 0.29) is 17.4 Å². The lowest BCUT2D eigenvalue weighted by Crippen LogP contribution is -2.37. The predicted molar refractivity (Wildman–Crippen MR) is 114 cm³/mol. The number of rotatable bonds is 4. The zero-order valence-corrected chi connectivity index (χ0v) is 16.7. The molecule has 3 aromatic rings. The minimum absolute atomic E-state index is 0.00675. The number of anilines is 2. The average molecular weight is 416 g/mol. The van der Waals surface area contributed by atoms with E-state index >= 15 is 0 Å². The summed E-state index contributed by atoms with van der Waals surface area (Å²) in [6.45, 7) is 0. The van der Waals surface area contributed by atoms with Gasteiger partial charge in [0.2, 0.25) is 5.91 Å². The standard InChI is InChI=1S/C24H20N2O5/c1-30-19-14-15(12-13-18(19)27)21-20-22(31-26(21)17-10-6-3-7-11-17)24(29)25(23(20)28)16-8-4-2-5-9-16/h2-14,20-22,27H,1H3/t20-,21-,22+/m1/s1. The molecule has 3 atom stereocenters. The van der Waals surface area contributed by atoms with Crippen LogP contribution in [0.25, 0.3) is 0 Å². The van der Waals surface area contributed by atoms with E-state index in [1.54, 1.807) is 41.5 Å². The van der Waals surface area contributed by atoms with Gasteiger partial charge in [0.25, 0.3) is 5.91 Å². The fourth-order valence-electron chi connectivity index (χ4n) is 4.26. The third-order valence-corrected chi connectivity index (χ3v) is 5.69. The molecule has 2 amide bonds. The van der Waals surface area contributed by atoms with E-state index in [9.17, 15) is 14.7 Å². The van der Waals surface area contributed by atoms with Gasteiger partial charge in [-0.15, -0.1) is 0 Å². The largest absolute Gasteiger partial charge is 0.504 e. The van der Waals surface area contributed by atoms with Crippen LogP contribution in [-0.4, -0.2) is 30.1 Å². The molecule has 0 saturated carbocycles. The van der Waals surface area contributed by atoms with Crippen LogP contribution < -0.4 is 14.7 Å². The van der Waals surface area contributed by atoms with Crippen LogP contribution >= 0.6 is 0 Å². The van der Waals surface area contributed by atoms with Crippen molar-refractivity contribution in [3.8, 4) is 11.5 Å². The number of ether oxygens (including phenoxy) is 1. The molecule has 1 N–H and O–H groups in total. The smallest absolute Gasteiger partial charge is 0.266 e. The molecule has 2 aliphatic rings. The highest BCUT2D eigenvalue weighted by Gasteiger charge is 2.60. The summed E-state index contributed by atoms with van der Waals surface area (Å²) >= 11 is 0. The van der Waals surface area contributed by atoms with Gasteiger partial charge in [0.1, 0.15) is 5.92 Å². The lowest BCUT2D eigenvalue weighted by atomic mass is 9.90. The molecule has 156 valence electrons. The van der Waals surface area contributed by atoms with Gasteiger partial charge in [-0.25, -0.2) is 9.96 Å². The molecule has 2 aliphatic heterocycles. The minimum atomic E-state index is -0.947. The average Bonchev–Trinajstić information content (AvgIpc) is 3.31. The first-order valence-corrected chi connectivity index (χ1v) is 9.91. The molecule has 2 heterocycles. The lowest BCUT2D eigenvalue weighted by Gasteiger charge is -2.29. The van der Waals surface area contributed by atoms with Gasteiger partial charge in [0.05, 0.1) is 24.5 Å². The molecule has 7 nitrogen and oxygen atoms in total. The van der Waals surface area contributed by atoms with Crippen molar-refractivity contribution in [1.29, 1.82) is 0 Å². The van der Waals surface area contributed by atoms with Crippen molar-refractivity contribution in [2.75, 3.05) is 17.1 Å². The van der Waals surface area contributed by atoms with Crippen molar-refractivity contribution in [3.05, 3.63) is 84.4 Å². The second-order valence-corrected chi connectivity index (χ2v) is 7.44. The number of fused-ring (bicyclic) bond motifs is 1. The summed E-state index contributed by atoms with van der Waals surface area (Å²) in [6, 6.07) is 22.5. The second kappa shape index (κ2) is 7.45. The Bertz CT molecular complexity index is 1140. The third-order valence-electron chi connectivity index (χ3n) is 5.69. The Hall–Kier alpha value is -3.84. The summed E-state index contributed by atoms with van der Waals surface area (Å²) in [5.74, 6) is -1.19. The van der Waals surface area contributed by atoms with E-state index < -0.39 is 24.0 Å². The molecular weight excluding hydrogens is 396 g/mol. The van der Waals surface area contributed by atoms with Crippen molar-refractivity contribution in [1.82, 2.24) is 0 Å². The molecule has 2 fully saturated rings. The van der Waals surface area contributed by atoms with Gasteiger partial charge in [-0.1, -0.05) is 42.5 Å². The maximum atomic E-state index is 13.5. The minimum Gasteiger partial charge on any atom is -0.504 e. The van der Waals surface area contributed by atoms with Crippen LogP contribution in [0.15, 0.2) is 78.9 Å².